The van der Waals surface area contributed by atoms with Crippen LogP contribution in [0.15, 0.2) is 27.2 Å². The van der Waals surface area contributed by atoms with Gasteiger partial charge in [-0.15, -0.1) is 0 Å². The molecular weight excluding hydrogens is 298 g/mol. The van der Waals surface area contributed by atoms with E-state index < -0.39 is 0 Å². The second-order valence-corrected chi connectivity index (χ2v) is 5.46. The zero-order chi connectivity index (χ0) is 16.2. The number of furan rings is 1. The van der Waals surface area contributed by atoms with Crippen molar-refractivity contribution in [2.24, 2.45) is 0 Å². The maximum absolute atomic E-state index is 11.7. The van der Waals surface area contributed by atoms with E-state index in [0.717, 1.165) is 24.5 Å². The quantitative estimate of drug-likeness (QED) is 0.862. The van der Waals surface area contributed by atoms with E-state index in [9.17, 15) is 4.79 Å². The first-order chi connectivity index (χ1) is 11.2. The fraction of sp³-hybridized carbons (Fsp3) is 0.500. The second-order valence-electron chi connectivity index (χ2n) is 5.46. The lowest BCUT2D eigenvalue weighted by Gasteiger charge is -2.33. The maximum atomic E-state index is 11.7. The molecule has 3 heterocycles. The third-order valence-corrected chi connectivity index (χ3v) is 3.90. The van der Waals surface area contributed by atoms with Crippen molar-refractivity contribution in [3.8, 4) is 11.7 Å². The van der Waals surface area contributed by atoms with Crippen LogP contribution in [0.4, 0.5) is 4.79 Å². The van der Waals surface area contributed by atoms with Gasteiger partial charge in [-0.2, -0.15) is 0 Å². The first-order valence-corrected chi connectivity index (χ1v) is 7.81. The molecule has 0 radical (unpaired) electrons. The first-order valence-electron chi connectivity index (χ1n) is 7.81. The number of oxazole rings is 1. The molecule has 0 atom stereocenters. The standard InChI is InChI=1S/C16H21N3O4/c1-3-21-16(20)19-8-6-18(7-9-19)11-13-12(2)23-15(17-13)14-5-4-10-22-14/h4-5,10H,3,6-9,11H2,1-2H3. The van der Waals surface area contributed by atoms with E-state index in [1.54, 1.807) is 11.2 Å². The van der Waals surface area contributed by atoms with Crippen molar-refractivity contribution in [3.05, 3.63) is 29.9 Å². The largest absolute Gasteiger partial charge is 0.459 e. The molecule has 0 N–H and O–H groups in total. The summed E-state index contributed by atoms with van der Waals surface area (Å²) in [6.45, 7) is 7.76. The molecule has 3 rings (SSSR count). The van der Waals surface area contributed by atoms with Crippen molar-refractivity contribution >= 4 is 6.09 Å². The molecule has 0 unspecified atom stereocenters. The van der Waals surface area contributed by atoms with Crippen LogP contribution in [0.1, 0.15) is 18.4 Å². The summed E-state index contributed by atoms with van der Waals surface area (Å²) >= 11 is 0. The van der Waals surface area contributed by atoms with Crippen molar-refractivity contribution in [2.45, 2.75) is 20.4 Å². The summed E-state index contributed by atoms with van der Waals surface area (Å²) < 4.78 is 16.0. The van der Waals surface area contributed by atoms with Gasteiger partial charge in [-0.05, 0) is 26.0 Å². The third kappa shape index (κ3) is 3.56. The number of carbonyl (C=O) groups excluding carboxylic acids is 1. The lowest BCUT2D eigenvalue weighted by molar-refractivity contribution is 0.0774. The van der Waals surface area contributed by atoms with Crippen molar-refractivity contribution in [1.82, 2.24) is 14.8 Å². The molecule has 0 bridgehead atoms. The van der Waals surface area contributed by atoms with Gasteiger partial charge in [0.25, 0.3) is 5.89 Å². The Labute approximate surface area is 134 Å². The highest BCUT2D eigenvalue weighted by molar-refractivity contribution is 5.67. The van der Waals surface area contributed by atoms with Gasteiger partial charge in [0.1, 0.15) is 5.76 Å². The Bertz CT molecular complexity index is 642. The van der Waals surface area contributed by atoms with Crippen LogP contribution in [0, 0.1) is 6.92 Å². The monoisotopic (exact) mass is 319 g/mol. The minimum atomic E-state index is -0.232. The number of piperazine rings is 1. The van der Waals surface area contributed by atoms with Gasteiger partial charge < -0.3 is 18.5 Å². The topological polar surface area (TPSA) is 72.0 Å². The molecule has 124 valence electrons. The molecule has 0 aliphatic carbocycles. The summed E-state index contributed by atoms with van der Waals surface area (Å²) in [6.07, 6.45) is 1.37. The van der Waals surface area contributed by atoms with E-state index in [0.29, 0.717) is 37.9 Å². The lowest BCUT2D eigenvalue weighted by Crippen LogP contribution is -2.48. The summed E-state index contributed by atoms with van der Waals surface area (Å²) in [4.78, 5) is 20.2. The minimum Gasteiger partial charge on any atom is -0.459 e. The average Bonchev–Trinajstić information content (AvgIpc) is 3.19. The lowest BCUT2D eigenvalue weighted by atomic mass is 10.3. The minimum absolute atomic E-state index is 0.232. The van der Waals surface area contributed by atoms with Gasteiger partial charge in [-0.25, -0.2) is 9.78 Å². The fourth-order valence-electron chi connectivity index (χ4n) is 2.60. The second kappa shape index (κ2) is 6.87. The number of aryl methyl sites for hydroxylation is 1. The van der Waals surface area contributed by atoms with Crippen LogP contribution in [-0.4, -0.2) is 53.7 Å². The Kier molecular flexibility index (Phi) is 4.66. The third-order valence-electron chi connectivity index (χ3n) is 3.90. The van der Waals surface area contributed by atoms with Crippen molar-refractivity contribution in [1.29, 1.82) is 0 Å². The summed E-state index contributed by atoms with van der Waals surface area (Å²) in [5, 5.41) is 0. The number of aromatic nitrogens is 1. The Balaban J connectivity index is 1.58. The number of amides is 1. The number of ether oxygens (including phenoxy) is 1. The number of hydrogen-bond donors (Lipinski definition) is 0. The van der Waals surface area contributed by atoms with Gasteiger partial charge in [0.05, 0.1) is 18.6 Å². The highest BCUT2D eigenvalue weighted by atomic mass is 16.6. The summed E-state index contributed by atoms with van der Waals surface area (Å²) in [6, 6.07) is 3.64. The Hall–Kier alpha value is -2.28. The number of carbonyl (C=O) groups is 1. The van der Waals surface area contributed by atoms with E-state index in [2.05, 4.69) is 9.88 Å². The van der Waals surface area contributed by atoms with Gasteiger partial charge in [0.15, 0.2) is 5.76 Å². The van der Waals surface area contributed by atoms with Crippen LogP contribution in [0.3, 0.4) is 0 Å². The van der Waals surface area contributed by atoms with Crippen LogP contribution in [-0.2, 0) is 11.3 Å². The van der Waals surface area contributed by atoms with Crippen molar-refractivity contribution in [3.63, 3.8) is 0 Å². The first kappa shape index (κ1) is 15.6. The van der Waals surface area contributed by atoms with Gasteiger partial charge in [0.2, 0.25) is 0 Å². The maximum Gasteiger partial charge on any atom is 0.409 e. The molecule has 1 saturated heterocycles. The molecular formula is C16H21N3O4. The summed E-state index contributed by atoms with van der Waals surface area (Å²) in [7, 11) is 0. The van der Waals surface area contributed by atoms with Crippen LogP contribution in [0.2, 0.25) is 0 Å². The molecule has 7 nitrogen and oxygen atoms in total. The average molecular weight is 319 g/mol. The van der Waals surface area contributed by atoms with Gasteiger partial charge >= 0.3 is 6.09 Å². The van der Waals surface area contributed by atoms with Gasteiger partial charge in [-0.1, -0.05) is 0 Å². The highest BCUT2D eigenvalue weighted by Crippen LogP contribution is 2.23. The molecule has 2 aromatic heterocycles. The van der Waals surface area contributed by atoms with Crippen molar-refractivity contribution in [2.75, 3.05) is 32.8 Å². The number of rotatable bonds is 4. The molecule has 1 aliphatic rings. The van der Waals surface area contributed by atoms with Crippen LogP contribution in [0.25, 0.3) is 11.7 Å². The molecule has 7 heteroatoms. The fourth-order valence-corrected chi connectivity index (χ4v) is 2.60. The van der Waals surface area contributed by atoms with Crippen LogP contribution in [0.5, 0.6) is 0 Å². The Morgan fingerprint density at radius 2 is 2.13 bits per heavy atom. The predicted molar refractivity (Wildman–Crippen MR) is 82.8 cm³/mol. The zero-order valence-electron chi connectivity index (χ0n) is 13.4. The zero-order valence-corrected chi connectivity index (χ0v) is 13.4. The van der Waals surface area contributed by atoms with E-state index in [4.69, 9.17) is 13.6 Å². The van der Waals surface area contributed by atoms with E-state index in [-0.39, 0.29) is 6.09 Å². The van der Waals surface area contributed by atoms with E-state index >= 15 is 0 Å². The predicted octanol–water partition coefficient (Wildman–Crippen LogP) is 2.52. The summed E-state index contributed by atoms with van der Waals surface area (Å²) in [5.41, 5.74) is 0.904. The molecule has 0 saturated carbocycles. The van der Waals surface area contributed by atoms with E-state index in [1.165, 1.54) is 0 Å². The van der Waals surface area contributed by atoms with E-state index in [1.807, 2.05) is 26.0 Å². The molecule has 1 amide bonds. The van der Waals surface area contributed by atoms with Gasteiger partial charge in [0, 0.05) is 32.7 Å². The molecule has 1 fully saturated rings. The number of nitrogens with zero attached hydrogens (tertiary/aromatic N) is 3. The normalized spacial score (nSPS) is 15.8. The Morgan fingerprint density at radius 3 is 2.78 bits per heavy atom. The molecule has 0 aromatic carbocycles. The molecule has 2 aromatic rings. The summed E-state index contributed by atoms with van der Waals surface area (Å²) in [5.74, 6) is 1.93. The van der Waals surface area contributed by atoms with Crippen molar-refractivity contribution < 1.29 is 18.4 Å². The molecule has 1 aliphatic heterocycles. The van der Waals surface area contributed by atoms with Gasteiger partial charge in [-0.3, -0.25) is 4.90 Å². The van der Waals surface area contributed by atoms with Crippen LogP contribution >= 0.6 is 0 Å². The highest BCUT2D eigenvalue weighted by Gasteiger charge is 2.23. The molecule has 23 heavy (non-hydrogen) atoms. The Morgan fingerprint density at radius 1 is 1.35 bits per heavy atom. The smallest absolute Gasteiger partial charge is 0.409 e. The number of hydrogen-bond acceptors (Lipinski definition) is 6. The SMILES string of the molecule is CCOC(=O)N1CCN(Cc2nc(-c3ccco3)oc2C)CC1. The molecule has 0 spiro atoms. The van der Waals surface area contributed by atoms with Crippen LogP contribution < -0.4 is 0 Å².